The number of carbonyl (C=O) groups excluding carboxylic acids is 1. The Labute approximate surface area is 79.3 Å². The van der Waals surface area contributed by atoms with Gasteiger partial charge in [0.2, 0.25) is 0 Å². The molecule has 0 saturated carbocycles. The quantitative estimate of drug-likeness (QED) is 0.579. The predicted octanol–water partition coefficient (Wildman–Crippen LogP) is 2.32. The number of methoxy groups -OCH3 is 1. The van der Waals surface area contributed by atoms with E-state index in [4.69, 9.17) is 4.74 Å². The number of ether oxygens (including phenoxy) is 1. The SMILES string of the molecule is C=C1C=CC(C)(C)C(C(=O)OC)C1. The van der Waals surface area contributed by atoms with Crippen molar-refractivity contribution in [3.05, 3.63) is 24.3 Å². The molecular formula is C11H16O2. The zero-order valence-electron chi connectivity index (χ0n) is 8.46. The fraction of sp³-hybridized carbons (Fsp3) is 0.545. The highest BCUT2D eigenvalue weighted by molar-refractivity contribution is 5.74. The van der Waals surface area contributed by atoms with Crippen LogP contribution in [0.1, 0.15) is 20.3 Å². The van der Waals surface area contributed by atoms with Crippen LogP contribution < -0.4 is 0 Å². The monoisotopic (exact) mass is 180 g/mol. The second-order valence-electron chi connectivity index (χ2n) is 4.09. The van der Waals surface area contributed by atoms with E-state index in [0.29, 0.717) is 6.42 Å². The highest BCUT2D eigenvalue weighted by Gasteiger charge is 2.36. The summed E-state index contributed by atoms with van der Waals surface area (Å²) in [5.41, 5.74) is 0.878. The van der Waals surface area contributed by atoms with Gasteiger partial charge in [-0.25, -0.2) is 0 Å². The summed E-state index contributed by atoms with van der Waals surface area (Å²) in [6, 6.07) is 0. The van der Waals surface area contributed by atoms with Gasteiger partial charge >= 0.3 is 5.97 Å². The van der Waals surface area contributed by atoms with Crippen LogP contribution in [-0.4, -0.2) is 13.1 Å². The van der Waals surface area contributed by atoms with E-state index in [2.05, 4.69) is 6.58 Å². The summed E-state index contributed by atoms with van der Waals surface area (Å²) in [5, 5.41) is 0. The smallest absolute Gasteiger partial charge is 0.309 e. The van der Waals surface area contributed by atoms with Crippen LogP contribution in [-0.2, 0) is 9.53 Å². The van der Waals surface area contributed by atoms with E-state index in [1.165, 1.54) is 7.11 Å². The Kier molecular flexibility index (Phi) is 2.60. The van der Waals surface area contributed by atoms with Gasteiger partial charge in [0.25, 0.3) is 0 Å². The number of rotatable bonds is 1. The van der Waals surface area contributed by atoms with Gasteiger partial charge in [-0.15, -0.1) is 0 Å². The highest BCUT2D eigenvalue weighted by atomic mass is 16.5. The molecule has 0 aromatic rings. The predicted molar refractivity (Wildman–Crippen MR) is 52.2 cm³/mol. The van der Waals surface area contributed by atoms with Crippen molar-refractivity contribution in [1.82, 2.24) is 0 Å². The maximum absolute atomic E-state index is 11.4. The number of hydrogen-bond donors (Lipinski definition) is 0. The lowest BCUT2D eigenvalue weighted by molar-refractivity contribution is -0.148. The Bertz CT molecular complexity index is 261. The molecule has 1 unspecified atom stereocenters. The minimum atomic E-state index is -0.143. The third kappa shape index (κ3) is 2.00. The number of allylic oxidation sites excluding steroid dienone is 3. The molecule has 0 heterocycles. The molecule has 0 saturated heterocycles. The van der Waals surface area contributed by atoms with Crippen LogP contribution in [0.3, 0.4) is 0 Å². The fourth-order valence-electron chi connectivity index (χ4n) is 1.57. The topological polar surface area (TPSA) is 26.3 Å². The molecule has 13 heavy (non-hydrogen) atoms. The zero-order valence-corrected chi connectivity index (χ0v) is 8.46. The van der Waals surface area contributed by atoms with Crippen LogP contribution in [0, 0.1) is 11.3 Å². The zero-order chi connectivity index (χ0) is 10.1. The second-order valence-corrected chi connectivity index (χ2v) is 4.09. The van der Waals surface area contributed by atoms with Gasteiger partial charge in [0.15, 0.2) is 0 Å². The van der Waals surface area contributed by atoms with Gasteiger partial charge in [0, 0.05) is 0 Å². The normalized spacial score (nSPS) is 25.8. The second kappa shape index (κ2) is 3.36. The first-order valence-corrected chi connectivity index (χ1v) is 4.42. The van der Waals surface area contributed by atoms with Crippen LogP contribution in [0.25, 0.3) is 0 Å². The van der Waals surface area contributed by atoms with Crippen molar-refractivity contribution in [2.75, 3.05) is 7.11 Å². The van der Waals surface area contributed by atoms with E-state index in [1.54, 1.807) is 0 Å². The van der Waals surface area contributed by atoms with E-state index in [-0.39, 0.29) is 17.3 Å². The van der Waals surface area contributed by atoms with Crippen LogP contribution in [0.5, 0.6) is 0 Å². The summed E-state index contributed by atoms with van der Waals surface area (Å²) in [7, 11) is 1.43. The molecular weight excluding hydrogens is 164 g/mol. The van der Waals surface area contributed by atoms with Gasteiger partial charge < -0.3 is 4.74 Å². The first-order chi connectivity index (χ1) is 5.97. The minimum absolute atomic E-state index is 0.0880. The molecule has 2 nitrogen and oxygen atoms in total. The third-order valence-corrected chi connectivity index (χ3v) is 2.60. The number of esters is 1. The Morgan fingerprint density at radius 3 is 2.85 bits per heavy atom. The molecule has 0 spiro atoms. The van der Waals surface area contributed by atoms with E-state index in [0.717, 1.165) is 5.57 Å². The van der Waals surface area contributed by atoms with E-state index in [9.17, 15) is 4.79 Å². The summed E-state index contributed by atoms with van der Waals surface area (Å²) in [5.74, 6) is -0.231. The molecule has 0 amide bonds. The van der Waals surface area contributed by atoms with E-state index < -0.39 is 0 Å². The maximum atomic E-state index is 11.4. The van der Waals surface area contributed by atoms with Crippen molar-refractivity contribution < 1.29 is 9.53 Å². The van der Waals surface area contributed by atoms with Crippen molar-refractivity contribution in [2.45, 2.75) is 20.3 Å². The molecule has 0 aromatic heterocycles. The average molecular weight is 180 g/mol. The molecule has 1 rings (SSSR count). The summed E-state index contributed by atoms with van der Waals surface area (Å²) < 4.78 is 4.76. The summed E-state index contributed by atoms with van der Waals surface area (Å²) in [6.45, 7) is 7.93. The van der Waals surface area contributed by atoms with Crippen molar-refractivity contribution in [3.63, 3.8) is 0 Å². The van der Waals surface area contributed by atoms with Gasteiger partial charge in [-0.3, -0.25) is 4.79 Å². The molecule has 1 atom stereocenters. The van der Waals surface area contributed by atoms with Crippen LogP contribution in [0.2, 0.25) is 0 Å². The van der Waals surface area contributed by atoms with Gasteiger partial charge in [-0.1, -0.05) is 38.2 Å². The Balaban J connectivity index is 2.90. The fourth-order valence-corrected chi connectivity index (χ4v) is 1.57. The van der Waals surface area contributed by atoms with Crippen molar-refractivity contribution in [1.29, 1.82) is 0 Å². The molecule has 0 aliphatic heterocycles. The maximum Gasteiger partial charge on any atom is 0.309 e. The Morgan fingerprint density at radius 2 is 2.31 bits per heavy atom. The molecule has 0 N–H and O–H groups in total. The Morgan fingerprint density at radius 1 is 1.69 bits per heavy atom. The van der Waals surface area contributed by atoms with Crippen molar-refractivity contribution >= 4 is 5.97 Å². The summed E-state index contributed by atoms with van der Waals surface area (Å²) >= 11 is 0. The highest BCUT2D eigenvalue weighted by Crippen LogP contribution is 2.38. The first kappa shape index (κ1) is 10.0. The van der Waals surface area contributed by atoms with Gasteiger partial charge in [-0.05, 0) is 11.8 Å². The van der Waals surface area contributed by atoms with E-state index >= 15 is 0 Å². The standard InChI is InChI=1S/C11H16O2/c1-8-5-6-11(2,3)9(7-8)10(12)13-4/h5-6,9H,1,7H2,2-4H3. The molecule has 72 valence electrons. The largest absolute Gasteiger partial charge is 0.469 e. The Hall–Kier alpha value is -1.05. The van der Waals surface area contributed by atoms with Gasteiger partial charge in [0.1, 0.15) is 0 Å². The molecule has 1 aliphatic carbocycles. The molecule has 0 fully saturated rings. The van der Waals surface area contributed by atoms with Gasteiger partial charge in [-0.2, -0.15) is 0 Å². The van der Waals surface area contributed by atoms with Crippen LogP contribution in [0.4, 0.5) is 0 Å². The van der Waals surface area contributed by atoms with Crippen molar-refractivity contribution in [2.24, 2.45) is 11.3 Å². The number of carbonyl (C=O) groups is 1. The van der Waals surface area contributed by atoms with Crippen molar-refractivity contribution in [3.8, 4) is 0 Å². The number of hydrogen-bond acceptors (Lipinski definition) is 2. The van der Waals surface area contributed by atoms with Crippen LogP contribution >= 0.6 is 0 Å². The molecule has 2 heteroatoms. The minimum Gasteiger partial charge on any atom is -0.469 e. The summed E-state index contributed by atoms with van der Waals surface area (Å²) in [6.07, 6.45) is 4.72. The lowest BCUT2D eigenvalue weighted by atomic mass is 9.72. The van der Waals surface area contributed by atoms with Crippen LogP contribution in [0.15, 0.2) is 24.3 Å². The third-order valence-electron chi connectivity index (χ3n) is 2.60. The van der Waals surface area contributed by atoms with Gasteiger partial charge in [0.05, 0.1) is 13.0 Å². The summed E-state index contributed by atoms with van der Waals surface area (Å²) in [4.78, 5) is 11.4. The lowest BCUT2D eigenvalue weighted by Gasteiger charge is -2.32. The molecule has 0 aromatic carbocycles. The first-order valence-electron chi connectivity index (χ1n) is 4.42. The lowest BCUT2D eigenvalue weighted by Crippen LogP contribution is -2.32. The molecule has 0 radical (unpaired) electrons. The molecule has 1 aliphatic rings. The average Bonchev–Trinajstić information content (AvgIpc) is 2.08. The van der Waals surface area contributed by atoms with E-state index in [1.807, 2.05) is 26.0 Å². The molecule has 0 bridgehead atoms.